The molecule has 2 atom stereocenters. The van der Waals surface area contributed by atoms with Crippen LogP contribution in [-0.2, 0) is 74.6 Å². The molecule has 0 saturated carbocycles. The number of benzene rings is 2. The van der Waals surface area contributed by atoms with Crippen LogP contribution in [0.5, 0.6) is 0 Å². The van der Waals surface area contributed by atoms with Gasteiger partial charge in [0.1, 0.15) is 0 Å². The summed E-state index contributed by atoms with van der Waals surface area (Å²) >= 11 is 0. The number of nitrogens with zero attached hydrogens (tertiary/aromatic N) is 3. The highest BCUT2D eigenvalue weighted by molar-refractivity contribution is 7.86. The lowest BCUT2D eigenvalue weighted by Crippen LogP contribution is -2.34. The van der Waals surface area contributed by atoms with Crippen molar-refractivity contribution in [2.75, 3.05) is 64.4 Å². The molecule has 22 heteroatoms. The van der Waals surface area contributed by atoms with Crippen molar-refractivity contribution in [1.82, 2.24) is 5.06 Å². The van der Waals surface area contributed by atoms with Gasteiger partial charge in [0.05, 0.1) is 48.3 Å². The Morgan fingerprint density at radius 1 is 0.875 bits per heavy atom. The molecule has 0 spiro atoms. The number of rotatable bonds is 24. The van der Waals surface area contributed by atoms with Crippen molar-refractivity contribution in [1.29, 1.82) is 0 Å². The molecule has 1 saturated heterocycles. The van der Waals surface area contributed by atoms with Crippen LogP contribution in [0.15, 0.2) is 87.3 Å². The third-order valence-electron chi connectivity index (χ3n) is 11.0. The molecule has 1 fully saturated rings. The third-order valence-corrected chi connectivity index (χ3v) is 13.5. The van der Waals surface area contributed by atoms with Gasteiger partial charge in [-0.15, -0.1) is 5.06 Å². The summed E-state index contributed by atoms with van der Waals surface area (Å²) in [5.74, 6) is -2.61. The van der Waals surface area contributed by atoms with E-state index < -0.39 is 64.7 Å². The second-order valence-electron chi connectivity index (χ2n) is 15.5. The van der Waals surface area contributed by atoms with Gasteiger partial charge in [0.2, 0.25) is 0 Å². The van der Waals surface area contributed by atoms with Crippen molar-refractivity contribution >= 4 is 59.5 Å². The van der Waals surface area contributed by atoms with E-state index in [1.165, 1.54) is 44.6 Å². The molecular formula is C42H55N3O16S3. The van der Waals surface area contributed by atoms with Crippen LogP contribution in [0.1, 0.15) is 69.1 Å². The molecule has 3 N–H and O–H groups in total. The van der Waals surface area contributed by atoms with Crippen molar-refractivity contribution in [3.05, 3.63) is 89.2 Å². The average Bonchev–Trinajstić information content (AvgIpc) is 3.64. The molecule has 2 aliphatic rings. The second kappa shape index (κ2) is 22.0. The van der Waals surface area contributed by atoms with E-state index >= 15 is 0 Å². The Morgan fingerprint density at radius 2 is 1.52 bits per heavy atom. The molecule has 2 aromatic carbocycles. The highest BCUT2D eigenvalue weighted by Crippen LogP contribution is 2.50. The summed E-state index contributed by atoms with van der Waals surface area (Å²) in [5, 5.41) is 0.457. The number of allylic oxidation sites excluding steroid dienone is 6. The first-order valence-electron chi connectivity index (χ1n) is 20.1. The first-order valence-corrected chi connectivity index (χ1v) is 24.6. The Morgan fingerprint density at radius 3 is 2.14 bits per heavy atom. The lowest BCUT2D eigenvalue weighted by atomic mass is 9.72. The molecule has 2 amide bonds. The van der Waals surface area contributed by atoms with Crippen molar-refractivity contribution in [3.8, 4) is 0 Å². The van der Waals surface area contributed by atoms with Gasteiger partial charge in [0.15, 0.2) is 0 Å². The molecule has 0 aliphatic carbocycles. The van der Waals surface area contributed by atoms with Crippen LogP contribution in [0.2, 0.25) is 0 Å². The van der Waals surface area contributed by atoms with Crippen LogP contribution in [0, 0.1) is 6.92 Å². The van der Waals surface area contributed by atoms with E-state index in [9.17, 15) is 53.3 Å². The van der Waals surface area contributed by atoms with E-state index in [1.54, 1.807) is 50.3 Å². The zero-order valence-corrected chi connectivity index (χ0v) is 38.7. The lowest BCUT2D eigenvalue weighted by molar-refractivity contribution is -0.198. The number of carbonyl (C=O) groups excluding carboxylic acids is 3. The van der Waals surface area contributed by atoms with E-state index in [-0.39, 0.29) is 81.4 Å². The minimum Gasteiger partial charge on any atom is -0.385 e. The fraction of sp³-hybridized carbons (Fsp3) is 0.476. The third kappa shape index (κ3) is 13.5. The molecule has 4 rings (SSSR count). The van der Waals surface area contributed by atoms with E-state index in [2.05, 4.69) is 0 Å². The maximum absolute atomic E-state index is 12.3. The number of carbonyl (C=O) groups is 3. The number of methoxy groups -OCH3 is 2. The van der Waals surface area contributed by atoms with Crippen LogP contribution < -0.4 is 4.90 Å². The zero-order valence-electron chi connectivity index (χ0n) is 36.3. The topological polar surface area (TPSA) is 270 Å². The number of hydroxylamine groups is 2. The largest absolute Gasteiger partial charge is 0.385 e. The SMILES string of the molecule is COCCN=C(/C=C/C=C/C=C1/N(CCOCCC(=O)ON2C(=O)CCC2=O)c2ccc(S(=O)(=O)O)cc2C1(C)CCOC)C(C)(CCCS(=O)(=O)O)c1cc(S(=O)(=O)O)ccc1C. The summed E-state index contributed by atoms with van der Waals surface area (Å²) in [6.07, 6.45) is 8.66. The molecule has 0 bridgehead atoms. The molecule has 2 aliphatic heterocycles. The van der Waals surface area contributed by atoms with E-state index in [0.717, 1.165) is 0 Å². The summed E-state index contributed by atoms with van der Waals surface area (Å²) < 4.78 is 118. The molecule has 0 aromatic heterocycles. The lowest BCUT2D eigenvalue weighted by Gasteiger charge is -2.33. The molecule has 2 unspecified atom stereocenters. The standard InChI is InChI=1S/C42H55N3O16S3/c1-30-12-13-31(63(52,53)54)28-33(30)41(2,19-9-27-62(49,50)51)36(43-21-25-59-5)10-7-6-8-11-37-42(3,20-24-58-4)34-29-32(64(55,56)57)14-15-35(34)44(37)22-26-60-23-18-40(48)61-45-38(46)16-17-39(45)47/h6-8,10-15,28-29H,9,16-27H2,1-5H3,(H,49,50,51)(H,52,53,54)(H,55,56,57)/b8-6+,10-7+,37-11+,43-36?. The molecule has 2 aromatic rings. The number of anilines is 1. The Balaban J connectivity index is 1.71. The van der Waals surface area contributed by atoms with Gasteiger partial charge in [-0.3, -0.25) is 28.2 Å². The number of amides is 2. The summed E-state index contributed by atoms with van der Waals surface area (Å²) in [6, 6.07) is 8.34. The molecule has 64 heavy (non-hydrogen) atoms. The predicted octanol–water partition coefficient (Wildman–Crippen LogP) is 4.33. The maximum Gasteiger partial charge on any atom is 0.335 e. The Labute approximate surface area is 374 Å². The summed E-state index contributed by atoms with van der Waals surface area (Å²) in [4.78, 5) is 46.9. The van der Waals surface area contributed by atoms with Crippen LogP contribution in [0.4, 0.5) is 5.69 Å². The summed E-state index contributed by atoms with van der Waals surface area (Å²) in [7, 11) is -10.6. The van der Waals surface area contributed by atoms with Crippen molar-refractivity contribution in [2.45, 2.75) is 79.9 Å². The van der Waals surface area contributed by atoms with Crippen molar-refractivity contribution in [3.63, 3.8) is 0 Å². The number of hydrogen-bond acceptors (Lipinski definition) is 15. The smallest absolute Gasteiger partial charge is 0.335 e. The Hall–Kier alpha value is -4.65. The zero-order chi connectivity index (χ0) is 47.5. The number of imide groups is 1. The number of fused-ring (bicyclic) bond motifs is 1. The molecule has 19 nitrogen and oxygen atoms in total. The van der Waals surface area contributed by atoms with Crippen LogP contribution >= 0.6 is 0 Å². The predicted molar refractivity (Wildman–Crippen MR) is 235 cm³/mol. The van der Waals surface area contributed by atoms with Crippen molar-refractivity contribution < 1.29 is 72.3 Å². The normalized spacial score (nSPS) is 19.1. The molecule has 2 heterocycles. The monoisotopic (exact) mass is 953 g/mol. The van der Waals surface area contributed by atoms with Gasteiger partial charge in [-0.05, 0) is 99.2 Å². The van der Waals surface area contributed by atoms with Crippen LogP contribution in [0.25, 0.3) is 0 Å². The summed E-state index contributed by atoms with van der Waals surface area (Å²) in [6.45, 7) is 6.19. The maximum atomic E-state index is 12.3. The number of hydrogen-bond donors (Lipinski definition) is 3. The van der Waals surface area contributed by atoms with Gasteiger partial charge >= 0.3 is 5.97 Å². The fourth-order valence-electron chi connectivity index (χ4n) is 7.61. The van der Waals surface area contributed by atoms with Crippen LogP contribution in [-0.4, -0.2) is 127 Å². The van der Waals surface area contributed by atoms with Gasteiger partial charge in [-0.2, -0.15) is 25.3 Å². The highest BCUT2D eigenvalue weighted by Gasteiger charge is 2.44. The van der Waals surface area contributed by atoms with Crippen molar-refractivity contribution in [2.24, 2.45) is 4.99 Å². The van der Waals surface area contributed by atoms with Gasteiger partial charge < -0.3 is 23.9 Å². The minimum atomic E-state index is -4.63. The van der Waals surface area contributed by atoms with Crippen LogP contribution in [0.3, 0.4) is 0 Å². The first-order chi connectivity index (χ1) is 30.0. The van der Waals surface area contributed by atoms with E-state index in [0.29, 0.717) is 45.3 Å². The number of aliphatic imine (C=N–C) groups is 1. The Kier molecular flexibility index (Phi) is 17.9. The average molecular weight is 954 g/mol. The van der Waals surface area contributed by atoms with Gasteiger partial charge in [0, 0.05) is 68.1 Å². The molecular weight excluding hydrogens is 899 g/mol. The van der Waals surface area contributed by atoms with Gasteiger partial charge in [0.25, 0.3) is 42.2 Å². The summed E-state index contributed by atoms with van der Waals surface area (Å²) in [5.41, 5.74) is 1.32. The van der Waals surface area contributed by atoms with E-state index in [1.807, 2.05) is 11.8 Å². The quantitative estimate of drug-likeness (QED) is 0.0434. The Bertz CT molecular complexity index is 2500. The second-order valence-corrected chi connectivity index (χ2v) is 19.9. The molecule has 0 radical (unpaired) electrons. The molecule has 352 valence electrons. The first kappa shape index (κ1) is 52.0. The van der Waals surface area contributed by atoms with Gasteiger partial charge in [-0.1, -0.05) is 24.3 Å². The number of aryl methyl sites for hydroxylation is 1. The number of ether oxygens (including phenoxy) is 3. The van der Waals surface area contributed by atoms with Gasteiger partial charge in [-0.25, -0.2) is 4.79 Å². The fourth-order valence-corrected chi connectivity index (χ4v) is 9.13. The highest BCUT2D eigenvalue weighted by atomic mass is 32.2. The van der Waals surface area contributed by atoms with E-state index in [4.69, 9.17) is 24.0 Å². The minimum absolute atomic E-state index is 0.0336.